The Labute approximate surface area is 142 Å². The second-order valence-electron chi connectivity index (χ2n) is 7.24. The van der Waals surface area contributed by atoms with E-state index in [9.17, 15) is 9.59 Å². The fourth-order valence-corrected chi connectivity index (χ4v) is 3.91. The van der Waals surface area contributed by atoms with Gasteiger partial charge in [0.15, 0.2) is 5.82 Å². The van der Waals surface area contributed by atoms with Crippen molar-refractivity contribution in [2.45, 2.75) is 51.1 Å². The summed E-state index contributed by atoms with van der Waals surface area (Å²) in [6.07, 6.45) is 8.02. The van der Waals surface area contributed by atoms with E-state index in [0.717, 1.165) is 18.8 Å². The van der Waals surface area contributed by atoms with Crippen LogP contribution >= 0.6 is 0 Å². The number of rotatable bonds is 6. The minimum atomic E-state index is -0.166. The van der Waals surface area contributed by atoms with Crippen LogP contribution in [0.2, 0.25) is 0 Å². The molecule has 2 N–H and O–H groups in total. The summed E-state index contributed by atoms with van der Waals surface area (Å²) in [7, 11) is 3.51. The lowest BCUT2D eigenvalue weighted by Gasteiger charge is -2.22. The van der Waals surface area contributed by atoms with E-state index >= 15 is 0 Å². The minimum Gasteiger partial charge on any atom is -0.349 e. The van der Waals surface area contributed by atoms with Gasteiger partial charge in [-0.15, -0.1) is 0 Å². The van der Waals surface area contributed by atoms with Gasteiger partial charge in [-0.3, -0.25) is 14.8 Å². The molecule has 0 radical (unpaired) electrons. The van der Waals surface area contributed by atoms with Crippen molar-refractivity contribution >= 4 is 17.8 Å². The molecule has 1 aromatic heterocycles. The highest BCUT2D eigenvalue weighted by atomic mass is 16.2. The maximum Gasteiger partial charge on any atom is 0.320 e. The van der Waals surface area contributed by atoms with Crippen molar-refractivity contribution in [1.29, 1.82) is 0 Å². The molecule has 2 saturated carbocycles. The molecule has 1 aromatic rings. The van der Waals surface area contributed by atoms with Gasteiger partial charge < -0.3 is 10.2 Å². The van der Waals surface area contributed by atoms with E-state index in [-0.39, 0.29) is 11.9 Å². The van der Waals surface area contributed by atoms with Crippen molar-refractivity contribution in [2.75, 3.05) is 19.4 Å². The quantitative estimate of drug-likeness (QED) is 0.836. The molecule has 0 aromatic carbocycles. The van der Waals surface area contributed by atoms with Crippen LogP contribution in [0.4, 0.5) is 10.6 Å². The summed E-state index contributed by atoms with van der Waals surface area (Å²) >= 11 is 0. The fraction of sp³-hybridized carbons (Fsp3) is 0.706. The van der Waals surface area contributed by atoms with Gasteiger partial charge in [0, 0.05) is 45.4 Å². The Kier molecular flexibility index (Phi) is 5.06. The van der Waals surface area contributed by atoms with Crippen molar-refractivity contribution in [3.63, 3.8) is 0 Å². The molecule has 1 heterocycles. The number of aryl methyl sites for hydroxylation is 1. The molecule has 7 nitrogen and oxygen atoms in total. The topological polar surface area (TPSA) is 79.3 Å². The standard InChI is InChI=1S/C17H27N5O2/c1-21(2)16(23)4-3-8-22-9-7-15(20-22)19-17(24)18-14-11-12-5-6-13(14)10-12/h7,9,12-14H,3-6,8,10-11H2,1-2H3,(H2,18,19,20,24)/t12-,13-,14+/m0/s1. The lowest BCUT2D eigenvalue weighted by atomic mass is 9.95. The fourth-order valence-electron chi connectivity index (χ4n) is 3.91. The monoisotopic (exact) mass is 333 g/mol. The van der Waals surface area contributed by atoms with Crippen LogP contribution in [-0.2, 0) is 11.3 Å². The summed E-state index contributed by atoms with van der Waals surface area (Å²) in [4.78, 5) is 25.2. The van der Waals surface area contributed by atoms with Gasteiger partial charge in [-0.1, -0.05) is 6.42 Å². The van der Waals surface area contributed by atoms with Crippen LogP contribution in [0.3, 0.4) is 0 Å². The van der Waals surface area contributed by atoms with Gasteiger partial charge in [0.05, 0.1) is 0 Å². The molecule has 2 aliphatic carbocycles. The molecule has 0 spiro atoms. The first kappa shape index (κ1) is 16.8. The van der Waals surface area contributed by atoms with Crippen LogP contribution in [0, 0.1) is 11.8 Å². The third-order valence-electron chi connectivity index (χ3n) is 5.21. The van der Waals surface area contributed by atoms with Crippen LogP contribution in [0.15, 0.2) is 12.3 Å². The number of carbonyl (C=O) groups is 2. The van der Waals surface area contributed by atoms with Crippen LogP contribution in [0.5, 0.6) is 0 Å². The number of anilines is 1. The molecule has 2 aliphatic rings. The number of urea groups is 1. The summed E-state index contributed by atoms with van der Waals surface area (Å²) in [6, 6.07) is 1.94. The molecular formula is C17H27N5O2. The van der Waals surface area contributed by atoms with E-state index in [1.54, 1.807) is 29.7 Å². The second-order valence-corrected chi connectivity index (χ2v) is 7.24. The lowest BCUT2D eigenvalue weighted by molar-refractivity contribution is -0.128. The zero-order chi connectivity index (χ0) is 17.1. The molecule has 2 bridgehead atoms. The average molecular weight is 333 g/mol. The molecule has 3 atom stereocenters. The molecule has 7 heteroatoms. The van der Waals surface area contributed by atoms with Gasteiger partial charge in [-0.25, -0.2) is 4.79 Å². The molecule has 3 amide bonds. The van der Waals surface area contributed by atoms with Crippen LogP contribution in [0.1, 0.15) is 38.5 Å². The van der Waals surface area contributed by atoms with E-state index < -0.39 is 0 Å². The van der Waals surface area contributed by atoms with Crippen molar-refractivity contribution in [1.82, 2.24) is 20.0 Å². The predicted octanol–water partition coefficient (Wildman–Crippen LogP) is 2.06. The summed E-state index contributed by atoms with van der Waals surface area (Å²) in [6.45, 7) is 0.662. The van der Waals surface area contributed by atoms with Gasteiger partial charge in [-0.2, -0.15) is 5.10 Å². The van der Waals surface area contributed by atoms with Gasteiger partial charge in [0.25, 0.3) is 0 Å². The van der Waals surface area contributed by atoms with Gasteiger partial charge in [0.1, 0.15) is 0 Å². The Morgan fingerprint density at radius 2 is 2.17 bits per heavy atom. The highest BCUT2D eigenvalue weighted by Crippen LogP contribution is 2.44. The van der Waals surface area contributed by atoms with Crippen LogP contribution in [-0.4, -0.2) is 46.8 Å². The molecular weight excluding hydrogens is 306 g/mol. The molecule has 132 valence electrons. The Morgan fingerprint density at radius 1 is 1.33 bits per heavy atom. The Morgan fingerprint density at radius 3 is 2.83 bits per heavy atom. The number of fused-ring (bicyclic) bond motifs is 2. The Bertz CT molecular complexity index is 598. The van der Waals surface area contributed by atoms with E-state index in [2.05, 4.69) is 15.7 Å². The Balaban J connectivity index is 1.40. The molecule has 0 saturated heterocycles. The zero-order valence-corrected chi connectivity index (χ0v) is 14.5. The first-order valence-electron chi connectivity index (χ1n) is 8.82. The minimum absolute atomic E-state index is 0.116. The average Bonchev–Trinajstić information content (AvgIpc) is 3.24. The van der Waals surface area contributed by atoms with E-state index in [4.69, 9.17) is 0 Å². The van der Waals surface area contributed by atoms with Crippen molar-refractivity contribution in [3.8, 4) is 0 Å². The second kappa shape index (κ2) is 7.23. The number of aromatic nitrogens is 2. The number of nitrogens with zero attached hydrogens (tertiary/aromatic N) is 3. The van der Waals surface area contributed by atoms with Crippen molar-refractivity contribution in [2.24, 2.45) is 11.8 Å². The smallest absolute Gasteiger partial charge is 0.320 e. The number of amides is 3. The van der Waals surface area contributed by atoms with E-state index in [1.807, 2.05) is 6.20 Å². The highest BCUT2D eigenvalue weighted by molar-refractivity contribution is 5.88. The third kappa shape index (κ3) is 4.07. The summed E-state index contributed by atoms with van der Waals surface area (Å²) in [5, 5.41) is 10.2. The highest BCUT2D eigenvalue weighted by Gasteiger charge is 2.40. The predicted molar refractivity (Wildman–Crippen MR) is 91.5 cm³/mol. The van der Waals surface area contributed by atoms with Gasteiger partial charge in [0.2, 0.25) is 5.91 Å². The lowest BCUT2D eigenvalue weighted by Crippen LogP contribution is -2.41. The van der Waals surface area contributed by atoms with Crippen molar-refractivity contribution in [3.05, 3.63) is 12.3 Å². The maximum absolute atomic E-state index is 12.1. The number of hydrogen-bond acceptors (Lipinski definition) is 3. The van der Waals surface area contributed by atoms with Crippen molar-refractivity contribution < 1.29 is 9.59 Å². The SMILES string of the molecule is CN(C)C(=O)CCCn1ccc(NC(=O)N[C@@H]2C[C@H]3CC[C@H]2C3)n1. The normalized spacial score (nSPS) is 24.8. The summed E-state index contributed by atoms with van der Waals surface area (Å²) in [5.74, 6) is 2.14. The zero-order valence-electron chi connectivity index (χ0n) is 14.5. The van der Waals surface area contributed by atoms with Gasteiger partial charge >= 0.3 is 6.03 Å². The number of nitrogens with one attached hydrogen (secondary N) is 2. The summed E-state index contributed by atoms with van der Waals surface area (Å²) in [5.41, 5.74) is 0. The molecule has 3 rings (SSSR count). The maximum atomic E-state index is 12.1. The van der Waals surface area contributed by atoms with Crippen LogP contribution in [0.25, 0.3) is 0 Å². The van der Waals surface area contributed by atoms with Crippen LogP contribution < -0.4 is 10.6 Å². The first-order valence-corrected chi connectivity index (χ1v) is 8.82. The number of carbonyl (C=O) groups excluding carboxylic acids is 2. The molecule has 24 heavy (non-hydrogen) atoms. The van der Waals surface area contributed by atoms with E-state index in [1.165, 1.54) is 19.3 Å². The summed E-state index contributed by atoms with van der Waals surface area (Å²) < 4.78 is 1.76. The largest absolute Gasteiger partial charge is 0.349 e. The molecule has 0 unspecified atom stereocenters. The first-order chi connectivity index (χ1) is 11.5. The molecule has 0 aliphatic heterocycles. The van der Waals surface area contributed by atoms with Gasteiger partial charge in [-0.05, 0) is 37.5 Å². The third-order valence-corrected chi connectivity index (χ3v) is 5.21. The number of hydrogen-bond donors (Lipinski definition) is 2. The van der Waals surface area contributed by atoms with E-state index in [0.29, 0.717) is 30.7 Å². The molecule has 2 fully saturated rings. The Hall–Kier alpha value is -2.05.